The number of nitrogens with two attached hydrogens (primary N) is 1. The van der Waals surface area contributed by atoms with Crippen LogP contribution in [-0.2, 0) is 24.1 Å². The molecule has 2 aliphatic rings. The molecule has 0 aromatic carbocycles. The normalized spacial score (nSPS) is 25.6. The maximum Gasteiger partial charge on any atom is 0.146 e. The predicted octanol–water partition coefficient (Wildman–Crippen LogP) is 3.15. The molecule has 0 radical (unpaired) electrons. The van der Waals surface area contributed by atoms with Gasteiger partial charge in [0.25, 0.3) is 0 Å². The molecule has 0 bridgehead atoms. The first-order valence-corrected chi connectivity index (χ1v) is 9.86. The van der Waals surface area contributed by atoms with Gasteiger partial charge in [-0.2, -0.15) is 0 Å². The molecule has 2 aromatic rings. The minimum Gasteiger partial charge on any atom is -0.383 e. The van der Waals surface area contributed by atoms with E-state index >= 15 is 0 Å². The minimum atomic E-state index is 0.257. The molecule has 6 heteroatoms. The van der Waals surface area contributed by atoms with Crippen molar-refractivity contribution < 1.29 is 4.74 Å². The zero-order valence-electron chi connectivity index (χ0n) is 14.5. The van der Waals surface area contributed by atoms with E-state index in [-0.39, 0.29) is 12.2 Å². The molecule has 2 unspecified atom stereocenters. The van der Waals surface area contributed by atoms with Gasteiger partial charge in [-0.1, -0.05) is 6.42 Å². The summed E-state index contributed by atoms with van der Waals surface area (Å²) in [4.78, 5) is 14.4. The quantitative estimate of drug-likeness (QED) is 0.846. The van der Waals surface area contributed by atoms with Crippen LogP contribution in [0.3, 0.4) is 0 Å². The Morgan fingerprint density at radius 1 is 1.12 bits per heavy atom. The molecule has 2 aromatic heterocycles. The van der Waals surface area contributed by atoms with Crippen LogP contribution in [0.15, 0.2) is 0 Å². The van der Waals surface area contributed by atoms with Crippen LogP contribution in [0, 0.1) is 0 Å². The van der Waals surface area contributed by atoms with E-state index in [9.17, 15) is 0 Å². The van der Waals surface area contributed by atoms with Gasteiger partial charge in [-0.05, 0) is 45.1 Å². The number of hydrogen-bond donors (Lipinski definition) is 1. The number of nitrogens with zero attached hydrogens (tertiary/aromatic N) is 3. The topological polar surface area (TPSA) is 64.3 Å². The third-order valence-electron chi connectivity index (χ3n) is 5.00. The lowest BCUT2D eigenvalue weighted by molar-refractivity contribution is -0.0710. The molecule has 2 atom stereocenters. The molecule has 1 aliphatic carbocycles. The van der Waals surface area contributed by atoms with Gasteiger partial charge in [0.15, 0.2) is 0 Å². The summed E-state index contributed by atoms with van der Waals surface area (Å²) in [5.74, 6) is 1.52. The van der Waals surface area contributed by atoms with Crippen molar-refractivity contribution in [2.24, 2.45) is 0 Å². The lowest BCUT2D eigenvalue weighted by Gasteiger charge is -2.34. The highest BCUT2D eigenvalue weighted by Crippen LogP contribution is 2.37. The zero-order valence-corrected chi connectivity index (χ0v) is 15.4. The summed E-state index contributed by atoms with van der Waals surface area (Å²) in [6.07, 6.45) is 6.66. The van der Waals surface area contributed by atoms with E-state index in [2.05, 4.69) is 23.7 Å². The van der Waals surface area contributed by atoms with Crippen molar-refractivity contribution in [1.82, 2.24) is 14.9 Å². The van der Waals surface area contributed by atoms with Crippen molar-refractivity contribution in [2.45, 2.75) is 64.7 Å². The van der Waals surface area contributed by atoms with Gasteiger partial charge in [-0.15, -0.1) is 11.3 Å². The highest BCUT2D eigenvalue weighted by molar-refractivity contribution is 7.19. The molecular formula is C18H26N4OS. The van der Waals surface area contributed by atoms with Gasteiger partial charge >= 0.3 is 0 Å². The van der Waals surface area contributed by atoms with Crippen molar-refractivity contribution in [3.8, 4) is 0 Å². The first-order chi connectivity index (χ1) is 11.6. The van der Waals surface area contributed by atoms with Crippen LogP contribution in [-0.4, -0.2) is 40.2 Å². The number of anilines is 1. The smallest absolute Gasteiger partial charge is 0.146 e. The van der Waals surface area contributed by atoms with Crippen molar-refractivity contribution in [2.75, 3.05) is 18.8 Å². The lowest BCUT2D eigenvalue weighted by atomic mass is 10.1. The second-order valence-electron chi connectivity index (χ2n) is 7.22. The zero-order chi connectivity index (χ0) is 16.7. The van der Waals surface area contributed by atoms with E-state index in [0.717, 1.165) is 42.1 Å². The molecule has 4 rings (SSSR count). The van der Waals surface area contributed by atoms with Gasteiger partial charge in [0, 0.05) is 18.0 Å². The van der Waals surface area contributed by atoms with Gasteiger partial charge in [0.1, 0.15) is 16.5 Å². The first kappa shape index (κ1) is 16.2. The van der Waals surface area contributed by atoms with E-state index in [1.807, 2.05) is 11.3 Å². The van der Waals surface area contributed by atoms with E-state index in [0.29, 0.717) is 5.82 Å². The van der Waals surface area contributed by atoms with Gasteiger partial charge in [0.05, 0.1) is 24.1 Å². The molecule has 1 saturated heterocycles. The predicted molar refractivity (Wildman–Crippen MR) is 98.4 cm³/mol. The Bertz CT molecular complexity index is 734. The summed E-state index contributed by atoms with van der Waals surface area (Å²) in [5.41, 5.74) is 7.77. The first-order valence-electron chi connectivity index (χ1n) is 9.04. The summed E-state index contributed by atoms with van der Waals surface area (Å²) in [7, 11) is 0. The third kappa shape index (κ3) is 3.15. The number of aryl methyl sites for hydroxylation is 2. The Morgan fingerprint density at radius 2 is 1.88 bits per heavy atom. The molecule has 1 fully saturated rings. The highest BCUT2D eigenvalue weighted by atomic mass is 32.1. The van der Waals surface area contributed by atoms with E-state index in [4.69, 9.17) is 15.5 Å². The third-order valence-corrected chi connectivity index (χ3v) is 6.18. The molecule has 0 amide bonds. The maximum absolute atomic E-state index is 6.35. The molecular weight excluding hydrogens is 320 g/mol. The Morgan fingerprint density at radius 3 is 2.67 bits per heavy atom. The largest absolute Gasteiger partial charge is 0.383 e. The maximum atomic E-state index is 6.35. The standard InChI is InChI=1S/C18H26N4OS/c1-11-8-22(9-12(2)23-11)10-15-20-17(19)16-13-6-4-3-5-7-14(13)24-18(16)21-15/h11-12H,3-10H2,1-2H3,(H2,19,20,21). The highest BCUT2D eigenvalue weighted by Gasteiger charge is 2.24. The minimum absolute atomic E-state index is 0.257. The summed E-state index contributed by atoms with van der Waals surface area (Å²) in [6, 6.07) is 0. The van der Waals surface area contributed by atoms with Crippen LogP contribution >= 0.6 is 11.3 Å². The molecule has 0 saturated carbocycles. The number of hydrogen-bond acceptors (Lipinski definition) is 6. The van der Waals surface area contributed by atoms with E-state index < -0.39 is 0 Å². The van der Waals surface area contributed by atoms with Gasteiger partial charge in [-0.3, -0.25) is 4.90 Å². The fourth-order valence-electron chi connectivity index (χ4n) is 4.09. The second kappa shape index (κ2) is 6.58. The van der Waals surface area contributed by atoms with Crippen LogP contribution in [0.25, 0.3) is 10.2 Å². The summed E-state index contributed by atoms with van der Waals surface area (Å²) in [6.45, 7) is 6.84. The molecule has 5 nitrogen and oxygen atoms in total. The molecule has 3 heterocycles. The van der Waals surface area contributed by atoms with Crippen LogP contribution in [0.2, 0.25) is 0 Å². The fraction of sp³-hybridized carbons (Fsp3) is 0.667. The number of fused-ring (bicyclic) bond motifs is 3. The van der Waals surface area contributed by atoms with Crippen molar-refractivity contribution in [3.63, 3.8) is 0 Å². The summed E-state index contributed by atoms with van der Waals surface area (Å²) < 4.78 is 5.81. The van der Waals surface area contributed by atoms with Crippen molar-refractivity contribution in [1.29, 1.82) is 0 Å². The number of rotatable bonds is 2. The fourth-order valence-corrected chi connectivity index (χ4v) is 5.38. The lowest BCUT2D eigenvalue weighted by Crippen LogP contribution is -2.45. The molecule has 24 heavy (non-hydrogen) atoms. The molecule has 2 N–H and O–H groups in total. The number of ether oxygens (including phenoxy) is 1. The number of thiophene rings is 1. The Hall–Kier alpha value is -1.24. The average Bonchev–Trinajstić information content (AvgIpc) is 2.69. The van der Waals surface area contributed by atoms with Crippen LogP contribution in [0.1, 0.15) is 49.4 Å². The SMILES string of the molecule is CC1CN(Cc2nc(N)c3c4c(sc3n2)CCCCC4)CC(C)O1. The monoisotopic (exact) mass is 346 g/mol. The van der Waals surface area contributed by atoms with Crippen molar-refractivity contribution in [3.05, 3.63) is 16.3 Å². The Labute approximate surface area is 147 Å². The van der Waals surface area contributed by atoms with Gasteiger partial charge < -0.3 is 10.5 Å². The number of nitrogen functional groups attached to an aromatic ring is 1. The number of aromatic nitrogens is 2. The summed E-state index contributed by atoms with van der Waals surface area (Å²) in [5, 5.41) is 1.13. The van der Waals surface area contributed by atoms with E-state index in [1.165, 1.54) is 36.1 Å². The van der Waals surface area contributed by atoms with Crippen molar-refractivity contribution >= 4 is 27.4 Å². The Balaban J connectivity index is 1.63. The second-order valence-corrected chi connectivity index (χ2v) is 8.30. The molecule has 0 spiro atoms. The summed E-state index contributed by atoms with van der Waals surface area (Å²) >= 11 is 1.83. The average molecular weight is 347 g/mol. The Kier molecular flexibility index (Phi) is 4.45. The van der Waals surface area contributed by atoms with Crippen LogP contribution < -0.4 is 5.73 Å². The molecule has 1 aliphatic heterocycles. The molecule has 130 valence electrons. The van der Waals surface area contributed by atoms with Gasteiger partial charge in [0.2, 0.25) is 0 Å². The number of morpholine rings is 1. The van der Waals surface area contributed by atoms with Crippen LogP contribution in [0.4, 0.5) is 5.82 Å². The van der Waals surface area contributed by atoms with Crippen LogP contribution in [0.5, 0.6) is 0 Å². The van der Waals surface area contributed by atoms with Gasteiger partial charge in [-0.25, -0.2) is 9.97 Å². The van der Waals surface area contributed by atoms with E-state index in [1.54, 1.807) is 0 Å².